The molecule has 0 aliphatic carbocycles. The lowest BCUT2D eigenvalue weighted by atomic mass is 9.89. The molecule has 2 saturated heterocycles. The molecular formula is C32H41F2N3O3. The van der Waals surface area contributed by atoms with Gasteiger partial charge in [0.2, 0.25) is 0 Å². The highest BCUT2D eigenvalue weighted by Gasteiger charge is 2.47. The standard InChI is InChI=1S/C32H41F2N3O3/c1-7-21-8-10-22(11-9-21)30-25-17-35(19-28(33)34)15-23(25)16-36(30)18-26-24-12-13-37(31(38)40-32(3,4)5)29(24)20(2)14-27(26)39-6/h8-14,23,25,28,30H,7,15-19H2,1-6H3. The van der Waals surface area contributed by atoms with Crippen LogP contribution in [0.2, 0.25) is 0 Å². The number of benzene rings is 2. The fraction of sp³-hybridized carbons (Fsp3) is 0.531. The molecule has 3 heterocycles. The average Bonchev–Trinajstić information content (AvgIpc) is 3.57. The first-order chi connectivity index (χ1) is 19.0. The van der Waals surface area contributed by atoms with Gasteiger partial charge < -0.3 is 9.47 Å². The summed E-state index contributed by atoms with van der Waals surface area (Å²) in [5.41, 5.74) is 4.65. The Morgan fingerprint density at radius 2 is 1.82 bits per heavy atom. The first-order valence-corrected chi connectivity index (χ1v) is 14.2. The van der Waals surface area contributed by atoms with Gasteiger partial charge in [0.05, 0.1) is 19.2 Å². The van der Waals surface area contributed by atoms with E-state index in [-0.39, 0.29) is 18.5 Å². The molecule has 0 amide bonds. The summed E-state index contributed by atoms with van der Waals surface area (Å²) in [6.45, 7) is 12.3. The third-order valence-electron chi connectivity index (χ3n) is 8.36. The Balaban J connectivity index is 1.52. The smallest absolute Gasteiger partial charge is 0.419 e. The molecule has 1 aromatic heterocycles. The summed E-state index contributed by atoms with van der Waals surface area (Å²) in [7, 11) is 1.68. The summed E-state index contributed by atoms with van der Waals surface area (Å²) in [6, 6.07) is 12.8. The van der Waals surface area contributed by atoms with Crippen LogP contribution in [0, 0.1) is 18.8 Å². The number of methoxy groups -OCH3 is 1. The lowest BCUT2D eigenvalue weighted by Gasteiger charge is -2.31. The number of halogens is 2. The van der Waals surface area contributed by atoms with Crippen LogP contribution in [0.4, 0.5) is 13.6 Å². The van der Waals surface area contributed by atoms with Gasteiger partial charge in [0.15, 0.2) is 0 Å². The summed E-state index contributed by atoms with van der Waals surface area (Å²) >= 11 is 0. The Morgan fingerprint density at radius 3 is 2.45 bits per heavy atom. The molecule has 0 spiro atoms. The minimum absolute atomic E-state index is 0.104. The van der Waals surface area contributed by atoms with Gasteiger partial charge in [-0.3, -0.25) is 14.4 Å². The Kier molecular flexibility index (Phi) is 7.94. The number of hydrogen-bond donors (Lipinski definition) is 0. The topological polar surface area (TPSA) is 46.9 Å². The van der Waals surface area contributed by atoms with E-state index in [9.17, 15) is 13.6 Å². The first-order valence-electron chi connectivity index (χ1n) is 14.2. The molecule has 2 aliphatic rings. The Labute approximate surface area is 235 Å². The van der Waals surface area contributed by atoms with E-state index >= 15 is 0 Å². The molecule has 5 rings (SSSR count). The molecule has 2 aliphatic heterocycles. The molecule has 6 nitrogen and oxygen atoms in total. The normalized spacial score (nSPS) is 21.9. The van der Waals surface area contributed by atoms with Crippen molar-refractivity contribution < 1.29 is 23.0 Å². The maximum atomic E-state index is 13.2. The van der Waals surface area contributed by atoms with Crippen LogP contribution in [0.25, 0.3) is 10.9 Å². The van der Waals surface area contributed by atoms with Crippen molar-refractivity contribution in [3.05, 3.63) is 64.8 Å². The zero-order valence-electron chi connectivity index (χ0n) is 24.4. The predicted octanol–water partition coefficient (Wildman–Crippen LogP) is 6.67. The van der Waals surface area contributed by atoms with E-state index in [0.29, 0.717) is 25.6 Å². The number of carbonyl (C=O) groups excluding carboxylic acids is 1. The van der Waals surface area contributed by atoms with Crippen molar-refractivity contribution >= 4 is 17.0 Å². The van der Waals surface area contributed by atoms with Gasteiger partial charge in [-0.1, -0.05) is 31.2 Å². The van der Waals surface area contributed by atoms with E-state index in [0.717, 1.165) is 40.7 Å². The summed E-state index contributed by atoms with van der Waals surface area (Å²) in [5.74, 6) is 1.36. The molecule has 3 atom stereocenters. The van der Waals surface area contributed by atoms with Crippen molar-refractivity contribution in [2.45, 2.75) is 65.7 Å². The quantitative estimate of drug-likeness (QED) is 0.327. The second kappa shape index (κ2) is 11.1. The van der Waals surface area contributed by atoms with E-state index in [1.807, 2.05) is 44.7 Å². The second-order valence-corrected chi connectivity index (χ2v) is 12.3. The van der Waals surface area contributed by atoms with Crippen LogP contribution in [0.1, 0.15) is 56.0 Å². The molecule has 0 saturated carbocycles. The number of ether oxygens (including phenoxy) is 2. The zero-order chi connectivity index (χ0) is 28.8. The number of alkyl halides is 2. The minimum atomic E-state index is -2.32. The fourth-order valence-corrected chi connectivity index (χ4v) is 6.72. The highest BCUT2D eigenvalue weighted by atomic mass is 19.3. The van der Waals surface area contributed by atoms with E-state index in [1.54, 1.807) is 17.9 Å². The summed E-state index contributed by atoms with van der Waals surface area (Å²) in [4.78, 5) is 17.5. The van der Waals surface area contributed by atoms with Gasteiger partial charge >= 0.3 is 6.09 Å². The van der Waals surface area contributed by atoms with E-state index in [1.165, 1.54) is 11.1 Å². The van der Waals surface area contributed by atoms with Gasteiger partial charge in [0, 0.05) is 49.4 Å². The third kappa shape index (κ3) is 5.61. The minimum Gasteiger partial charge on any atom is -0.496 e. The van der Waals surface area contributed by atoms with Gasteiger partial charge in [-0.2, -0.15) is 0 Å². The predicted molar refractivity (Wildman–Crippen MR) is 153 cm³/mol. The third-order valence-corrected chi connectivity index (χ3v) is 8.36. The molecule has 0 bridgehead atoms. The highest BCUT2D eigenvalue weighted by molar-refractivity contribution is 5.95. The van der Waals surface area contributed by atoms with Crippen molar-refractivity contribution in [1.29, 1.82) is 0 Å². The van der Waals surface area contributed by atoms with Crippen molar-refractivity contribution in [2.24, 2.45) is 11.8 Å². The highest BCUT2D eigenvalue weighted by Crippen LogP contribution is 2.47. The Morgan fingerprint density at radius 1 is 1.10 bits per heavy atom. The van der Waals surface area contributed by atoms with Gasteiger partial charge in [0.1, 0.15) is 11.4 Å². The van der Waals surface area contributed by atoms with E-state index in [2.05, 4.69) is 36.1 Å². The van der Waals surface area contributed by atoms with Crippen molar-refractivity contribution in [1.82, 2.24) is 14.4 Å². The largest absolute Gasteiger partial charge is 0.496 e. The van der Waals surface area contributed by atoms with Crippen molar-refractivity contribution in [3.8, 4) is 5.75 Å². The molecule has 0 radical (unpaired) electrons. The number of aromatic nitrogens is 1. The van der Waals surface area contributed by atoms with Crippen LogP contribution >= 0.6 is 0 Å². The number of nitrogens with zero attached hydrogens (tertiary/aromatic N) is 3. The van der Waals surface area contributed by atoms with Gasteiger partial charge in [-0.05, 0) is 74.8 Å². The number of fused-ring (bicyclic) bond motifs is 2. The molecular weight excluding hydrogens is 512 g/mol. The maximum Gasteiger partial charge on any atom is 0.419 e. The monoisotopic (exact) mass is 553 g/mol. The summed E-state index contributed by atoms with van der Waals surface area (Å²) in [6.07, 6.45) is 0.00822. The number of rotatable bonds is 7. The lowest BCUT2D eigenvalue weighted by molar-refractivity contribution is 0.0544. The number of likely N-dealkylation sites (tertiary alicyclic amines) is 2. The molecule has 216 valence electrons. The first kappa shape index (κ1) is 28.6. The summed E-state index contributed by atoms with van der Waals surface area (Å²) in [5, 5.41) is 0.958. The van der Waals surface area contributed by atoms with Crippen LogP contribution in [0.5, 0.6) is 5.75 Å². The Hall–Kier alpha value is -2.97. The SMILES string of the molecule is CCc1ccc(C2C3CN(CC(F)F)CC3CN2Cc2c(OC)cc(C)c3c2ccn3C(=O)OC(C)(C)C)cc1. The number of hydrogen-bond acceptors (Lipinski definition) is 5. The molecule has 40 heavy (non-hydrogen) atoms. The lowest BCUT2D eigenvalue weighted by Crippen LogP contribution is -2.33. The van der Waals surface area contributed by atoms with Crippen LogP contribution < -0.4 is 4.74 Å². The second-order valence-electron chi connectivity index (χ2n) is 12.3. The van der Waals surface area contributed by atoms with Crippen LogP contribution in [0.15, 0.2) is 42.6 Å². The summed E-state index contributed by atoms with van der Waals surface area (Å²) < 4.78 is 39.6. The fourth-order valence-electron chi connectivity index (χ4n) is 6.72. The number of carbonyl (C=O) groups is 1. The molecule has 3 unspecified atom stereocenters. The zero-order valence-corrected chi connectivity index (χ0v) is 24.4. The van der Waals surface area contributed by atoms with Crippen LogP contribution in [0.3, 0.4) is 0 Å². The molecule has 0 N–H and O–H groups in total. The Bertz CT molecular complexity index is 1360. The maximum absolute atomic E-state index is 13.2. The molecule has 2 fully saturated rings. The van der Waals surface area contributed by atoms with Crippen molar-refractivity contribution in [3.63, 3.8) is 0 Å². The average molecular weight is 554 g/mol. The van der Waals surface area contributed by atoms with Crippen LogP contribution in [-0.4, -0.2) is 65.8 Å². The molecule has 8 heteroatoms. The van der Waals surface area contributed by atoms with Gasteiger partial charge in [0.25, 0.3) is 6.43 Å². The van der Waals surface area contributed by atoms with Crippen LogP contribution in [-0.2, 0) is 17.7 Å². The van der Waals surface area contributed by atoms with Gasteiger partial charge in [-0.25, -0.2) is 13.6 Å². The van der Waals surface area contributed by atoms with Crippen molar-refractivity contribution in [2.75, 3.05) is 33.3 Å². The molecule has 2 aromatic carbocycles. The number of aryl methyl sites for hydroxylation is 2. The van der Waals surface area contributed by atoms with E-state index in [4.69, 9.17) is 9.47 Å². The molecule has 3 aromatic rings. The van der Waals surface area contributed by atoms with E-state index < -0.39 is 18.1 Å². The van der Waals surface area contributed by atoms with Gasteiger partial charge in [-0.15, -0.1) is 0 Å².